The van der Waals surface area contributed by atoms with Crippen LogP contribution in [-0.4, -0.2) is 57.2 Å². The molecule has 0 aromatic rings. The Bertz CT molecular complexity index is 303. The summed E-state index contributed by atoms with van der Waals surface area (Å²) in [5, 5.41) is 18.4. The monoisotopic (exact) mass is 245 g/mol. The van der Waals surface area contributed by atoms with Crippen molar-refractivity contribution in [2.24, 2.45) is 5.92 Å². The van der Waals surface area contributed by atoms with Crippen molar-refractivity contribution in [3.63, 3.8) is 0 Å². The summed E-state index contributed by atoms with van der Waals surface area (Å²) in [5.74, 6) is 0.559. The van der Waals surface area contributed by atoms with Crippen molar-refractivity contribution in [2.75, 3.05) is 18.1 Å². The van der Waals surface area contributed by atoms with Crippen LogP contribution in [0, 0.1) is 5.92 Å². The van der Waals surface area contributed by atoms with Crippen LogP contribution >= 0.6 is 11.8 Å². The standard InChI is InChI=1S/C10H15NO4S/c12-7-3-8(10(14)15)11(4-7)9(13)6-1-2-16-5-6/h6-8,12H,1-5H2,(H,14,15)/t6?,7-,8-/m0/s1. The number of likely N-dealkylation sites (tertiary alicyclic amines) is 1. The van der Waals surface area contributed by atoms with Crippen molar-refractivity contribution < 1.29 is 19.8 Å². The zero-order valence-electron chi connectivity index (χ0n) is 8.83. The molecule has 2 N–H and O–H groups in total. The quantitative estimate of drug-likeness (QED) is 0.703. The summed E-state index contributed by atoms with van der Waals surface area (Å²) in [5.41, 5.74) is 0. The van der Waals surface area contributed by atoms with E-state index in [1.165, 1.54) is 4.90 Å². The van der Waals surface area contributed by atoms with Crippen LogP contribution in [0.15, 0.2) is 0 Å². The molecular formula is C10H15NO4S. The first-order valence-corrected chi connectivity index (χ1v) is 6.54. The summed E-state index contributed by atoms with van der Waals surface area (Å²) >= 11 is 1.72. The van der Waals surface area contributed by atoms with Crippen LogP contribution in [-0.2, 0) is 9.59 Å². The molecule has 2 heterocycles. The molecule has 1 unspecified atom stereocenters. The maximum atomic E-state index is 12.0. The van der Waals surface area contributed by atoms with Crippen molar-refractivity contribution in [3.8, 4) is 0 Å². The zero-order valence-corrected chi connectivity index (χ0v) is 9.65. The molecule has 2 saturated heterocycles. The summed E-state index contributed by atoms with van der Waals surface area (Å²) in [6, 6.07) is -0.840. The molecule has 3 atom stereocenters. The van der Waals surface area contributed by atoms with Gasteiger partial charge in [-0.15, -0.1) is 0 Å². The van der Waals surface area contributed by atoms with Crippen LogP contribution < -0.4 is 0 Å². The molecule has 2 rings (SSSR count). The lowest BCUT2D eigenvalue weighted by molar-refractivity contribution is -0.149. The first-order valence-electron chi connectivity index (χ1n) is 5.38. The van der Waals surface area contributed by atoms with E-state index in [-0.39, 0.29) is 24.8 Å². The minimum Gasteiger partial charge on any atom is -0.480 e. The number of aliphatic hydroxyl groups excluding tert-OH is 1. The van der Waals surface area contributed by atoms with Gasteiger partial charge in [0.25, 0.3) is 0 Å². The number of carbonyl (C=O) groups is 2. The van der Waals surface area contributed by atoms with E-state index in [2.05, 4.69) is 0 Å². The molecule has 0 spiro atoms. The Kier molecular flexibility index (Phi) is 3.39. The SMILES string of the molecule is O=C(O)[C@@H]1C[C@H](O)CN1C(=O)C1CCSC1. The first-order chi connectivity index (χ1) is 7.59. The fourth-order valence-corrected chi connectivity index (χ4v) is 3.47. The molecule has 2 fully saturated rings. The van der Waals surface area contributed by atoms with Crippen LogP contribution in [0.3, 0.4) is 0 Å². The van der Waals surface area contributed by atoms with Gasteiger partial charge in [0.15, 0.2) is 0 Å². The minimum absolute atomic E-state index is 0.0582. The van der Waals surface area contributed by atoms with Gasteiger partial charge >= 0.3 is 5.97 Å². The molecule has 1 amide bonds. The number of carboxylic acids is 1. The summed E-state index contributed by atoms with van der Waals surface area (Å²) in [7, 11) is 0. The number of rotatable bonds is 2. The number of nitrogens with zero attached hydrogens (tertiary/aromatic N) is 1. The molecule has 2 aliphatic rings. The summed E-state index contributed by atoms with van der Waals surface area (Å²) < 4.78 is 0. The third-order valence-corrected chi connectivity index (χ3v) is 4.29. The maximum absolute atomic E-state index is 12.0. The Morgan fingerprint density at radius 1 is 1.38 bits per heavy atom. The van der Waals surface area contributed by atoms with E-state index in [1.807, 2.05) is 0 Å². The van der Waals surface area contributed by atoms with Crippen LogP contribution in [0.2, 0.25) is 0 Å². The molecule has 0 aromatic heterocycles. The van der Waals surface area contributed by atoms with Crippen molar-refractivity contribution in [1.82, 2.24) is 4.90 Å². The lowest BCUT2D eigenvalue weighted by atomic mass is 10.1. The molecule has 5 nitrogen and oxygen atoms in total. The molecule has 2 aliphatic heterocycles. The van der Waals surface area contributed by atoms with Gasteiger partial charge in [-0.2, -0.15) is 11.8 Å². The van der Waals surface area contributed by atoms with Gasteiger partial charge in [0.05, 0.1) is 6.10 Å². The smallest absolute Gasteiger partial charge is 0.326 e. The van der Waals surface area contributed by atoms with Gasteiger partial charge in [0.2, 0.25) is 5.91 Å². The average molecular weight is 245 g/mol. The topological polar surface area (TPSA) is 77.8 Å². The summed E-state index contributed by atoms with van der Waals surface area (Å²) in [6.45, 7) is 0.164. The van der Waals surface area contributed by atoms with Gasteiger partial charge in [0, 0.05) is 24.6 Å². The van der Waals surface area contributed by atoms with Crippen molar-refractivity contribution >= 4 is 23.6 Å². The van der Waals surface area contributed by atoms with E-state index >= 15 is 0 Å². The second-order valence-electron chi connectivity index (χ2n) is 4.29. The second-order valence-corrected chi connectivity index (χ2v) is 5.44. The predicted molar refractivity (Wildman–Crippen MR) is 59.2 cm³/mol. The van der Waals surface area contributed by atoms with Crippen LogP contribution in [0.25, 0.3) is 0 Å². The number of carbonyl (C=O) groups excluding carboxylic acids is 1. The minimum atomic E-state index is -1.02. The Balaban J connectivity index is 2.06. The largest absolute Gasteiger partial charge is 0.480 e. The number of carboxylic acid groups (broad SMARTS) is 1. The highest BCUT2D eigenvalue weighted by atomic mass is 32.2. The Morgan fingerprint density at radius 2 is 2.12 bits per heavy atom. The van der Waals surface area contributed by atoms with E-state index in [9.17, 15) is 14.7 Å². The first kappa shape index (κ1) is 11.7. The van der Waals surface area contributed by atoms with E-state index in [4.69, 9.17) is 5.11 Å². The molecule has 0 bridgehead atoms. The Labute approximate surface area is 97.8 Å². The van der Waals surface area contributed by atoms with Crippen molar-refractivity contribution in [1.29, 1.82) is 0 Å². The van der Waals surface area contributed by atoms with Gasteiger partial charge in [0.1, 0.15) is 6.04 Å². The fourth-order valence-electron chi connectivity index (χ4n) is 2.26. The molecule has 90 valence electrons. The lowest BCUT2D eigenvalue weighted by Crippen LogP contribution is -2.43. The molecular weight excluding hydrogens is 230 g/mol. The number of thioether (sulfide) groups is 1. The van der Waals surface area contributed by atoms with Crippen molar-refractivity contribution in [3.05, 3.63) is 0 Å². The molecule has 0 aromatic carbocycles. The summed E-state index contributed by atoms with van der Waals surface area (Å²) in [4.78, 5) is 24.3. The zero-order chi connectivity index (χ0) is 11.7. The lowest BCUT2D eigenvalue weighted by Gasteiger charge is -2.24. The molecule has 0 radical (unpaired) electrons. The Morgan fingerprint density at radius 3 is 2.69 bits per heavy atom. The van der Waals surface area contributed by atoms with E-state index in [0.29, 0.717) is 0 Å². The van der Waals surface area contributed by atoms with E-state index in [1.54, 1.807) is 11.8 Å². The molecule has 0 saturated carbocycles. The van der Waals surface area contributed by atoms with Crippen LogP contribution in [0.5, 0.6) is 0 Å². The molecule has 0 aliphatic carbocycles. The van der Waals surface area contributed by atoms with E-state index < -0.39 is 18.1 Å². The third kappa shape index (κ3) is 2.17. The number of aliphatic carboxylic acids is 1. The number of amides is 1. The Hall–Kier alpha value is -0.750. The highest BCUT2D eigenvalue weighted by Gasteiger charge is 2.41. The highest BCUT2D eigenvalue weighted by Crippen LogP contribution is 2.28. The van der Waals surface area contributed by atoms with Crippen LogP contribution in [0.4, 0.5) is 0 Å². The maximum Gasteiger partial charge on any atom is 0.326 e. The summed E-state index contributed by atoms with van der Waals surface area (Å²) in [6.07, 6.45) is 0.280. The number of β-amino-alcohol motifs (C(OH)–C–C–N with tert-alkyl or cyclic N) is 1. The molecule has 6 heteroatoms. The number of aliphatic hydroxyl groups is 1. The second kappa shape index (κ2) is 4.63. The van der Waals surface area contributed by atoms with Gasteiger partial charge in [-0.1, -0.05) is 0 Å². The molecule has 16 heavy (non-hydrogen) atoms. The highest BCUT2D eigenvalue weighted by molar-refractivity contribution is 7.99. The van der Waals surface area contributed by atoms with Gasteiger partial charge < -0.3 is 15.1 Å². The fraction of sp³-hybridized carbons (Fsp3) is 0.800. The van der Waals surface area contributed by atoms with Gasteiger partial charge in [-0.05, 0) is 12.2 Å². The number of hydrogen-bond acceptors (Lipinski definition) is 4. The van der Waals surface area contributed by atoms with E-state index in [0.717, 1.165) is 17.9 Å². The van der Waals surface area contributed by atoms with Gasteiger partial charge in [-0.3, -0.25) is 4.79 Å². The number of hydrogen-bond donors (Lipinski definition) is 2. The van der Waals surface area contributed by atoms with Gasteiger partial charge in [-0.25, -0.2) is 4.79 Å². The van der Waals surface area contributed by atoms with Crippen molar-refractivity contribution in [2.45, 2.75) is 25.0 Å². The normalized spacial score (nSPS) is 34.3. The predicted octanol–water partition coefficient (Wildman–Crippen LogP) is -0.214. The van der Waals surface area contributed by atoms with Crippen LogP contribution in [0.1, 0.15) is 12.8 Å². The average Bonchev–Trinajstić information content (AvgIpc) is 2.84. The third-order valence-electron chi connectivity index (χ3n) is 3.13.